The number of hydrogen-bond donors (Lipinski definition) is 0. The molecule has 2 rings (SSSR count). The van der Waals surface area contributed by atoms with Crippen molar-refractivity contribution >= 4 is 49.1 Å². The fraction of sp³-hybridized carbons (Fsp3) is 0.636. The lowest BCUT2D eigenvalue weighted by molar-refractivity contribution is 0.405. The second kappa shape index (κ2) is 5.44. The van der Waals surface area contributed by atoms with Gasteiger partial charge in [-0.05, 0) is 28.9 Å². The molecule has 0 saturated carbocycles. The standard InChI is InChI=1S/C11H16BrNO2S3/c1-7-5-13(6-8(2)16-7)18(14,15)10-4-11(12)17-9(10)3/h4,7-8H,5-6H2,1-3H3. The van der Waals surface area contributed by atoms with Crippen molar-refractivity contribution in [2.75, 3.05) is 13.1 Å². The lowest BCUT2D eigenvalue weighted by atomic mass is 10.4. The van der Waals surface area contributed by atoms with Crippen molar-refractivity contribution in [2.24, 2.45) is 0 Å². The molecule has 0 radical (unpaired) electrons. The van der Waals surface area contributed by atoms with E-state index in [-0.39, 0.29) is 0 Å². The quantitative estimate of drug-likeness (QED) is 0.801. The van der Waals surface area contributed by atoms with E-state index in [4.69, 9.17) is 0 Å². The summed E-state index contributed by atoms with van der Waals surface area (Å²) in [5.41, 5.74) is 0. The third-order valence-corrected chi connectivity index (χ3v) is 7.71. The van der Waals surface area contributed by atoms with Gasteiger partial charge in [0.1, 0.15) is 0 Å². The van der Waals surface area contributed by atoms with Crippen LogP contribution in [0.15, 0.2) is 14.7 Å². The number of halogens is 1. The molecule has 102 valence electrons. The van der Waals surface area contributed by atoms with Crippen LogP contribution < -0.4 is 0 Å². The van der Waals surface area contributed by atoms with E-state index in [0.717, 1.165) is 8.66 Å². The fourth-order valence-electron chi connectivity index (χ4n) is 2.15. The average Bonchev–Trinajstić information content (AvgIpc) is 2.57. The first-order valence-electron chi connectivity index (χ1n) is 5.72. The summed E-state index contributed by atoms with van der Waals surface area (Å²) in [6.07, 6.45) is 0. The van der Waals surface area contributed by atoms with Crippen LogP contribution in [0.2, 0.25) is 0 Å². The van der Waals surface area contributed by atoms with Crippen LogP contribution in [0.4, 0.5) is 0 Å². The number of thiophene rings is 1. The van der Waals surface area contributed by atoms with Gasteiger partial charge >= 0.3 is 0 Å². The number of thioether (sulfide) groups is 1. The van der Waals surface area contributed by atoms with Crippen molar-refractivity contribution in [1.82, 2.24) is 4.31 Å². The normalized spacial score (nSPS) is 26.4. The van der Waals surface area contributed by atoms with E-state index in [1.54, 1.807) is 10.4 Å². The third-order valence-electron chi connectivity index (χ3n) is 2.85. The second-order valence-corrected chi connectivity index (χ2v) is 11.0. The van der Waals surface area contributed by atoms with Gasteiger partial charge in [-0.1, -0.05) is 13.8 Å². The van der Waals surface area contributed by atoms with Gasteiger partial charge < -0.3 is 0 Å². The lowest BCUT2D eigenvalue weighted by Gasteiger charge is -2.33. The van der Waals surface area contributed by atoms with Crippen LogP contribution in [0.25, 0.3) is 0 Å². The monoisotopic (exact) mass is 369 g/mol. The van der Waals surface area contributed by atoms with Crippen LogP contribution in [-0.2, 0) is 10.0 Å². The minimum Gasteiger partial charge on any atom is -0.207 e. The molecule has 1 aromatic rings. The molecule has 0 spiro atoms. The molecule has 1 aromatic heterocycles. The molecule has 0 amide bonds. The molecule has 18 heavy (non-hydrogen) atoms. The highest BCUT2D eigenvalue weighted by Crippen LogP contribution is 2.34. The van der Waals surface area contributed by atoms with Crippen LogP contribution in [0.1, 0.15) is 18.7 Å². The Balaban J connectivity index is 2.34. The maximum atomic E-state index is 12.6. The molecule has 0 aromatic carbocycles. The van der Waals surface area contributed by atoms with Gasteiger partial charge in [-0.2, -0.15) is 16.1 Å². The van der Waals surface area contributed by atoms with Gasteiger partial charge in [0.05, 0.1) is 8.68 Å². The van der Waals surface area contributed by atoms with Crippen molar-refractivity contribution in [3.63, 3.8) is 0 Å². The van der Waals surface area contributed by atoms with Crippen LogP contribution in [0.3, 0.4) is 0 Å². The molecule has 1 fully saturated rings. The van der Waals surface area contributed by atoms with Crippen LogP contribution in [0.5, 0.6) is 0 Å². The summed E-state index contributed by atoms with van der Waals surface area (Å²) in [6.45, 7) is 7.22. The van der Waals surface area contributed by atoms with Gasteiger partial charge in [0.15, 0.2) is 0 Å². The molecule has 7 heteroatoms. The largest absolute Gasteiger partial charge is 0.244 e. The number of aryl methyl sites for hydroxylation is 1. The predicted molar refractivity (Wildman–Crippen MR) is 82.0 cm³/mol. The Labute approximate surface area is 125 Å². The summed E-state index contributed by atoms with van der Waals surface area (Å²) in [5.74, 6) is 0. The first-order valence-corrected chi connectivity index (χ1v) is 9.71. The summed E-state index contributed by atoms with van der Waals surface area (Å²) < 4.78 is 27.7. The predicted octanol–water partition coefficient (Wildman–Crippen LogP) is 3.33. The maximum Gasteiger partial charge on any atom is 0.244 e. The highest BCUT2D eigenvalue weighted by molar-refractivity contribution is 9.11. The molecule has 2 unspecified atom stereocenters. The topological polar surface area (TPSA) is 37.4 Å². The number of sulfonamides is 1. The lowest BCUT2D eigenvalue weighted by Crippen LogP contribution is -2.43. The first-order chi connectivity index (χ1) is 8.30. The molecule has 1 aliphatic rings. The third kappa shape index (κ3) is 2.95. The van der Waals surface area contributed by atoms with Crippen molar-refractivity contribution in [3.05, 3.63) is 14.7 Å². The molecule has 2 heterocycles. The molecular formula is C11H16BrNO2S3. The van der Waals surface area contributed by atoms with E-state index < -0.39 is 10.0 Å². The van der Waals surface area contributed by atoms with Crippen molar-refractivity contribution < 1.29 is 8.42 Å². The van der Waals surface area contributed by atoms with Gasteiger partial charge in [0.2, 0.25) is 10.0 Å². The minimum atomic E-state index is -3.34. The van der Waals surface area contributed by atoms with E-state index >= 15 is 0 Å². The van der Waals surface area contributed by atoms with Crippen molar-refractivity contribution in [3.8, 4) is 0 Å². The zero-order valence-corrected chi connectivity index (χ0v) is 14.5. The Hall–Kier alpha value is 0.440. The maximum absolute atomic E-state index is 12.6. The summed E-state index contributed by atoms with van der Waals surface area (Å²) in [5, 5.41) is 0.705. The zero-order chi connectivity index (χ0) is 13.5. The number of rotatable bonds is 2. The molecule has 0 N–H and O–H groups in total. The molecule has 2 atom stereocenters. The average molecular weight is 370 g/mol. The SMILES string of the molecule is Cc1sc(Br)cc1S(=O)(=O)N1CC(C)SC(C)C1. The van der Waals surface area contributed by atoms with Crippen molar-refractivity contribution in [2.45, 2.75) is 36.2 Å². The molecule has 1 saturated heterocycles. The number of hydrogen-bond acceptors (Lipinski definition) is 4. The zero-order valence-electron chi connectivity index (χ0n) is 10.5. The van der Waals surface area contributed by atoms with Crippen LogP contribution >= 0.6 is 39.0 Å². The van der Waals surface area contributed by atoms with Crippen LogP contribution in [-0.4, -0.2) is 36.3 Å². The summed E-state index contributed by atoms with van der Waals surface area (Å²) in [6, 6.07) is 1.71. The highest BCUT2D eigenvalue weighted by atomic mass is 79.9. The summed E-state index contributed by atoms with van der Waals surface area (Å²) in [4.78, 5) is 1.30. The van der Waals surface area contributed by atoms with Gasteiger partial charge in [0.25, 0.3) is 0 Å². The van der Waals surface area contributed by atoms with Gasteiger partial charge in [0, 0.05) is 28.5 Å². The van der Waals surface area contributed by atoms with Crippen LogP contribution in [0, 0.1) is 6.92 Å². The Bertz CT molecular complexity index is 530. The van der Waals surface area contributed by atoms with Gasteiger partial charge in [-0.3, -0.25) is 0 Å². The van der Waals surface area contributed by atoms with E-state index in [1.165, 1.54) is 11.3 Å². The molecular weight excluding hydrogens is 354 g/mol. The van der Waals surface area contributed by atoms with Gasteiger partial charge in [-0.15, -0.1) is 11.3 Å². The Morgan fingerprint density at radius 1 is 1.33 bits per heavy atom. The number of nitrogens with zero attached hydrogens (tertiary/aromatic N) is 1. The molecule has 0 bridgehead atoms. The molecule has 0 aliphatic carbocycles. The smallest absolute Gasteiger partial charge is 0.207 e. The van der Waals surface area contributed by atoms with Gasteiger partial charge in [-0.25, -0.2) is 8.42 Å². The molecule has 1 aliphatic heterocycles. The van der Waals surface area contributed by atoms with E-state index in [2.05, 4.69) is 29.8 Å². The Morgan fingerprint density at radius 2 is 1.89 bits per heavy atom. The van der Waals surface area contributed by atoms with E-state index in [9.17, 15) is 8.42 Å². The first kappa shape index (κ1) is 14.8. The minimum absolute atomic E-state index is 0.353. The van der Waals surface area contributed by atoms with E-state index in [1.807, 2.05) is 18.7 Å². The summed E-state index contributed by atoms with van der Waals surface area (Å²) >= 11 is 6.67. The second-order valence-electron chi connectivity index (χ2n) is 4.55. The Morgan fingerprint density at radius 3 is 2.33 bits per heavy atom. The Kier molecular flexibility index (Phi) is 4.48. The highest BCUT2D eigenvalue weighted by Gasteiger charge is 2.33. The summed E-state index contributed by atoms with van der Waals surface area (Å²) in [7, 11) is -3.34. The van der Waals surface area contributed by atoms with Crippen molar-refractivity contribution in [1.29, 1.82) is 0 Å². The molecule has 3 nitrogen and oxygen atoms in total. The fourth-order valence-corrected chi connectivity index (χ4v) is 7.67. The van der Waals surface area contributed by atoms with E-state index in [0.29, 0.717) is 28.5 Å².